The van der Waals surface area contributed by atoms with Crippen LogP contribution in [0.4, 0.5) is 0 Å². The largest absolute Gasteiger partial charge is 0.344 e. The molecule has 20 heavy (non-hydrogen) atoms. The monoisotopic (exact) mass is 280 g/mol. The van der Waals surface area contributed by atoms with Gasteiger partial charge in [-0.25, -0.2) is 0 Å². The number of hydrogen-bond donors (Lipinski definition) is 1. The van der Waals surface area contributed by atoms with Gasteiger partial charge in [0.15, 0.2) is 0 Å². The first-order valence-electron chi connectivity index (χ1n) is 8.05. The minimum atomic E-state index is -0.340. The van der Waals surface area contributed by atoms with Crippen molar-refractivity contribution < 1.29 is 9.59 Å². The first-order valence-corrected chi connectivity index (χ1v) is 8.05. The molecule has 0 aromatic heterocycles. The number of amides is 2. The number of nitrogens with zero attached hydrogens (tertiary/aromatic N) is 1. The molecule has 1 aliphatic heterocycles. The summed E-state index contributed by atoms with van der Waals surface area (Å²) >= 11 is 0. The molecule has 2 fully saturated rings. The predicted octanol–water partition coefficient (Wildman–Crippen LogP) is 2.19. The second-order valence-electron chi connectivity index (χ2n) is 6.95. The predicted molar refractivity (Wildman–Crippen MR) is 79.1 cm³/mol. The third-order valence-corrected chi connectivity index (χ3v) is 4.78. The normalized spacial score (nSPS) is 32.2. The van der Waals surface area contributed by atoms with Crippen LogP contribution in [0.25, 0.3) is 0 Å². The van der Waals surface area contributed by atoms with Crippen molar-refractivity contribution in [1.82, 2.24) is 10.2 Å². The second-order valence-corrected chi connectivity index (χ2v) is 6.95. The van der Waals surface area contributed by atoms with Crippen LogP contribution in [-0.2, 0) is 9.59 Å². The van der Waals surface area contributed by atoms with Gasteiger partial charge in [-0.05, 0) is 30.6 Å². The minimum Gasteiger partial charge on any atom is -0.344 e. The summed E-state index contributed by atoms with van der Waals surface area (Å²) in [5.74, 6) is 1.73. The number of hydrogen-bond acceptors (Lipinski definition) is 2. The molecule has 1 N–H and O–H groups in total. The average Bonchev–Trinajstić information content (AvgIpc) is 2.54. The van der Waals surface area contributed by atoms with Gasteiger partial charge in [0.05, 0.1) is 0 Å². The molecule has 2 amide bonds. The highest BCUT2D eigenvalue weighted by Crippen LogP contribution is 2.29. The van der Waals surface area contributed by atoms with Crippen LogP contribution in [0.2, 0.25) is 0 Å². The van der Waals surface area contributed by atoms with Crippen LogP contribution in [0.1, 0.15) is 52.9 Å². The van der Waals surface area contributed by atoms with E-state index in [0.717, 1.165) is 12.5 Å². The summed E-state index contributed by atoms with van der Waals surface area (Å²) in [4.78, 5) is 26.2. The molecule has 2 aliphatic rings. The van der Waals surface area contributed by atoms with Gasteiger partial charge in [-0.15, -0.1) is 0 Å². The molecule has 0 radical (unpaired) electrons. The second kappa shape index (κ2) is 6.59. The fourth-order valence-corrected chi connectivity index (χ4v) is 3.31. The molecule has 0 spiro atoms. The molecule has 1 unspecified atom stereocenters. The maximum Gasteiger partial charge on any atom is 0.245 e. The van der Waals surface area contributed by atoms with Gasteiger partial charge in [-0.2, -0.15) is 0 Å². The molecule has 1 heterocycles. The van der Waals surface area contributed by atoms with E-state index in [1.807, 2.05) is 18.7 Å². The minimum absolute atomic E-state index is 0.0109. The van der Waals surface area contributed by atoms with Crippen molar-refractivity contribution >= 4 is 11.8 Å². The van der Waals surface area contributed by atoms with Gasteiger partial charge in [0.25, 0.3) is 0 Å². The lowest BCUT2D eigenvalue weighted by atomic mass is 9.82. The maximum absolute atomic E-state index is 12.6. The highest BCUT2D eigenvalue weighted by molar-refractivity contribution is 5.90. The van der Waals surface area contributed by atoms with Gasteiger partial charge in [-0.3, -0.25) is 9.59 Å². The Bertz CT molecular complexity index is 359. The van der Waals surface area contributed by atoms with E-state index >= 15 is 0 Å². The van der Waals surface area contributed by atoms with Gasteiger partial charge >= 0.3 is 0 Å². The topological polar surface area (TPSA) is 49.4 Å². The molecular weight excluding hydrogens is 252 g/mol. The summed E-state index contributed by atoms with van der Waals surface area (Å²) in [6.07, 6.45) is 5.43. The number of carbonyl (C=O) groups excluding carboxylic acids is 2. The van der Waals surface area contributed by atoms with Crippen LogP contribution in [0.5, 0.6) is 0 Å². The zero-order valence-corrected chi connectivity index (χ0v) is 13.0. The van der Waals surface area contributed by atoms with E-state index in [9.17, 15) is 9.59 Å². The van der Waals surface area contributed by atoms with Crippen LogP contribution in [0, 0.1) is 17.8 Å². The van der Waals surface area contributed by atoms with Gasteiger partial charge < -0.3 is 10.2 Å². The fourth-order valence-electron chi connectivity index (χ4n) is 3.31. The van der Waals surface area contributed by atoms with E-state index in [1.54, 1.807) is 0 Å². The van der Waals surface area contributed by atoms with Crippen molar-refractivity contribution in [3.8, 4) is 0 Å². The SMILES string of the molecule is CC1CCC(CN2CCC(=O)NC(C(C)C)C2=O)CC1. The van der Waals surface area contributed by atoms with Crippen molar-refractivity contribution in [2.24, 2.45) is 17.8 Å². The lowest BCUT2D eigenvalue weighted by Crippen LogP contribution is -2.48. The molecule has 4 nitrogen and oxygen atoms in total. The molecular formula is C16H28N2O2. The summed E-state index contributed by atoms with van der Waals surface area (Å²) in [7, 11) is 0. The summed E-state index contributed by atoms with van der Waals surface area (Å²) in [6, 6.07) is -0.340. The van der Waals surface area contributed by atoms with Crippen molar-refractivity contribution in [3.05, 3.63) is 0 Å². The maximum atomic E-state index is 12.6. The summed E-state index contributed by atoms with van der Waals surface area (Å²) in [5.41, 5.74) is 0. The number of nitrogens with one attached hydrogen (secondary N) is 1. The highest BCUT2D eigenvalue weighted by atomic mass is 16.2. The average molecular weight is 280 g/mol. The Morgan fingerprint density at radius 2 is 1.85 bits per heavy atom. The molecule has 0 aromatic rings. The fraction of sp³-hybridized carbons (Fsp3) is 0.875. The molecule has 1 saturated heterocycles. The number of carbonyl (C=O) groups is 2. The van der Waals surface area contributed by atoms with Gasteiger partial charge in [0.2, 0.25) is 11.8 Å². The number of rotatable bonds is 3. The molecule has 0 aromatic carbocycles. The van der Waals surface area contributed by atoms with E-state index in [-0.39, 0.29) is 23.8 Å². The lowest BCUT2D eigenvalue weighted by molar-refractivity contribution is -0.135. The molecule has 0 bridgehead atoms. The Hall–Kier alpha value is -1.06. The van der Waals surface area contributed by atoms with Gasteiger partial charge in [-0.1, -0.05) is 33.6 Å². The highest BCUT2D eigenvalue weighted by Gasteiger charge is 2.33. The standard InChI is InChI=1S/C16H28N2O2/c1-11(2)15-16(20)18(9-8-14(19)17-15)10-13-6-4-12(3)5-7-13/h11-13,15H,4-10H2,1-3H3,(H,17,19). The summed E-state index contributed by atoms with van der Waals surface area (Å²) < 4.78 is 0. The smallest absolute Gasteiger partial charge is 0.245 e. The molecule has 1 saturated carbocycles. The van der Waals surface area contributed by atoms with Crippen LogP contribution in [0.15, 0.2) is 0 Å². The Labute approximate surface area is 122 Å². The van der Waals surface area contributed by atoms with Gasteiger partial charge in [0.1, 0.15) is 6.04 Å². The Balaban J connectivity index is 1.98. The van der Waals surface area contributed by atoms with E-state index in [4.69, 9.17) is 0 Å². The molecule has 4 heteroatoms. The van der Waals surface area contributed by atoms with E-state index in [2.05, 4.69) is 12.2 Å². The van der Waals surface area contributed by atoms with Gasteiger partial charge in [0, 0.05) is 19.5 Å². The Morgan fingerprint density at radius 1 is 1.20 bits per heavy atom. The third kappa shape index (κ3) is 3.74. The van der Waals surface area contributed by atoms with E-state index in [0.29, 0.717) is 18.9 Å². The molecule has 114 valence electrons. The van der Waals surface area contributed by atoms with Crippen LogP contribution in [0.3, 0.4) is 0 Å². The quantitative estimate of drug-likeness (QED) is 0.861. The zero-order chi connectivity index (χ0) is 14.7. The summed E-state index contributed by atoms with van der Waals surface area (Å²) in [5, 5.41) is 2.87. The molecule has 2 rings (SSSR count). The first kappa shape index (κ1) is 15.3. The van der Waals surface area contributed by atoms with Crippen molar-refractivity contribution in [2.45, 2.75) is 58.9 Å². The molecule has 1 aliphatic carbocycles. The van der Waals surface area contributed by atoms with Crippen molar-refractivity contribution in [3.63, 3.8) is 0 Å². The van der Waals surface area contributed by atoms with Crippen LogP contribution < -0.4 is 5.32 Å². The first-order chi connectivity index (χ1) is 9.47. The van der Waals surface area contributed by atoms with Crippen molar-refractivity contribution in [2.75, 3.05) is 13.1 Å². The Kier molecular flexibility index (Phi) is 5.06. The molecule has 1 atom stereocenters. The third-order valence-electron chi connectivity index (χ3n) is 4.78. The van der Waals surface area contributed by atoms with Crippen molar-refractivity contribution in [1.29, 1.82) is 0 Å². The van der Waals surface area contributed by atoms with Crippen LogP contribution >= 0.6 is 0 Å². The lowest BCUT2D eigenvalue weighted by Gasteiger charge is -2.32. The van der Waals surface area contributed by atoms with E-state index < -0.39 is 0 Å². The van der Waals surface area contributed by atoms with E-state index in [1.165, 1.54) is 25.7 Å². The van der Waals surface area contributed by atoms with Crippen LogP contribution in [-0.4, -0.2) is 35.8 Å². The zero-order valence-electron chi connectivity index (χ0n) is 13.0. The summed E-state index contributed by atoms with van der Waals surface area (Å²) in [6.45, 7) is 7.72. The Morgan fingerprint density at radius 3 is 2.45 bits per heavy atom.